The lowest BCUT2D eigenvalue weighted by atomic mass is 10.4. The zero-order valence-electron chi connectivity index (χ0n) is 12.9. The lowest BCUT2D eigenvalue weighted by molar-refractivity contribution is 0.581. The third-order valence-corrected chi connectivity index (χ3v) is 6.09. The number of aromatic nitrogens is 1. The number of aryl methyl sites for hydroxylation is 1. The van der Waals surface area contributed by atoms with E-state index in [1.54, 1.807) is 24.0 Å². The highest BCUT2D eigenvalue weighted by Gasteiger charge is 2.22. The summed E-state index contributed by atoms with van der Waals surface area (Å²) in [5, 5.41) is 3.70. The minimum atomic E-state index is -3.41. The summed E-state index contributed by atoms with van der Waals surface area (Å²) in [6, 6.07) is 2.40. The molecule has 120 valence electrons. The van der Waals surface area contributed by atoms with Crippen LogP contribution in [0.5, 0.6) is 0 Å². The molecule has 0 spiro atoms. The van der Waals surface area contributed by atoms with Crippen molar-refractivity contribution < 1.29 is 8.42 Å². The van der Waals surface area contributed by atoms with Crippen molar-refractivity contribution in [3.63, 3.8) is 0 Å². The summed E-state index contributed by atoms with van der Waals surface area (Å²) < 4.78 is 29.3. The van der Waals surface area contributed by atoms with Crippen molar-refractivity contribution in [2.24, 2.45) is 0 Å². The Hall–Kier alpha value is -0.500. The predicted octanol–water partition coefficient (Wildman–Crippen LogP) is 1.79. The topological polar surface area (TPSA) is 63.1 Å². The molecule has 1 atom stereocenters. The van der Waals surface area contributed by atoms with Crippen LogP contribution in [0.3, 0.4) is 0 Å². The van der Waals surface area contributed by atoms with Gasteiger partial charge in [0.15, 0.2) is 0 Å². The van der Waals surface area contributed by atoms with E-state index in [-0.39, 0.29) is 5.25 Å². The van der Waals surface area contributed by atoms with Crippen molar-refractivity contribution >= 4 is 21.8 Å². The second-order valence-electron chi connectivity index (χ2n) is 5.51. The van der Waals surface area contributed by atoms with Crippen LogP contribution in [-0.4, -0.2) is 37.1 Å². The summed E-state index contributed by atoms with van der Waals surface area (Å²) in [6.07, 6.45) is 6.17. The molecule has 0 bridgehead atoms. The number of sulfonamides is 1. The molecule has 21 heavy (non-hydrogen) atoms. The fourth-order valence-corrected chi connectivity index (χ4v) is 3.59. The number of nitrogens with zero attached hydrogens (tertiary/aromatic N) is 1. The molecule has 5 nitrogen and oxygen atoms in total. The quantitative estimate of drug-likeness (QED) is 0.724. The minimum absolute atomic E-state index is 0.268. The lowest BCUT2D eigenvalue weighted by Gasteiger charge is -2.09. The number of thioether (sulfide) groups is 1. The molecule has 0 saturated heterocycles. The molecule has 0 amide bonds. The maximum Gasteiger partial charge on any atom is 0.242 e. The highest BCUT2D eigenvalue weighted by atomic mass is 32.2. The van der Waals surface area contributed by atoms with E-state index in [9.17, 15) is 8.42 Å². The minimum Gasteiger partial charge on any atom is -0.349 e. The average molecular weight is 332 g/mol. The molecular weight excluding hydrogens is 306 g/mol. The maximum absolute atomic E-state index is 12.3. The van der Waals surface area contributed by atoms with Crippen LogP contribution >= 0.6 is 11.8 Å². The molecular formula is C14H25N3O2S2. The number of hydrogen-bond donors (Lipinski definition) is 2. The Balaban J connectivity index is 2.06. The predicted molar refractivity (Wildman–Crippen MR) is 88.1 cm³/mol. The summed E-state index contributed by atoms with van der Waals surface area (Å²) in [6.45, 7) is 6.00. The van der Waals surface area contributed by atoms with E-state index in [4.69, 9.17) is 0 Å². The molecule has 0 radical (unpaired) electrons. The third kappa shape index (κ3) is 4.74. The van der Waals surface area contributed by atoms with Gasteiger partial charge in [-0.15, -0.1) is 0 Å². The third-order valence-electron chi connectivity index (χ3n) is 3.72. The first-order valence-corrected chi connectivity index (χ1v) is 10.2. The van der Waals surface area contributed by atoms with Gasteiger partial charge < -0.3 is 9.88 Å². The molecule has 1 unspecified atom stereocenters. The van der Waals surface area contributed by atoms with Gasteiger partial charge in [-0.25, -0.2) is 13.1 Å². The van der Waals surface area contributed by atoms with Crippen LogP contribution in [0.4, 0.5) is 0 Å². The number of rotatable bonds is 9. The van der Waals surface area contributed by atoms with Crippen molar-refractivity contribution in [1.82, 2.24) is 14.6 Å². The normalized spacial score (nSPS) is 17.1. The first kappa shape index (κ1) is 16.9. The van der Waals surface area contributed by atoms with Crippen LogP contribution < -0.4 is 10.0 Å². The Labute approximate surface area is 131 Å². The van der Waals surface area contributed by atoms with Crippen molar-refractivity contribution in [1.29, 1.82) is 0 Å². The number of nitrogens with one attached hydrogen (secondary N) is 2. The highest BCUT2D eigenvalue weighted by molar-refractivity contribution is 7.99. The summed E-state index contributed by atoms with van der Waals surface area (Å²) in [5.74, 6) is 0. The molecule has 1 heterocycles. The molecule has 7 heteroatoms. The van der Waals surface area contributed by atoms with E-state index in [2.05, 4.69) is 10.0 Å². The molecule has 1 aromatic heterocycles. The van der Waals surface area contributed by atoms with Gasteiger partial charge in [-0.05, 0) is 32.1 Å². The fourth-order valence-electron chi connectivity index (χ4n) is 2.04. The zero-order chi connectivity index (χ0) is 15.5. The van der Waals surface area contributed by atoms with Crippen molar-refractivity contribution in [3.8, 4) is 0 Å². The van der Waals surface area contributed by atoms with Gasteiger partial charge in [0.1, 0.15) is 0 Å². The molecule has 2 rings (SSSR count). The van der Waals surface area contributed by atoms with Crippen LogP contribution in [0.15, 0.2) is 17.2 Å². The smallest absolute Gasteiger partial charge is 0.242 e. The van der Waals surface area contributed by atoms with Crippen LogP contribution in [0.25, 0.3) is 0 Å². The second-order valence-corrected chi connectivity index (χ2v) is 8.55. The molecule has 2 N–H and O–H groups in total. The van der Waals surface area contributed by atoms with Gasteiger partial charge in [0, 0.05) is 42.8 Å². The summed E-state index contributed by atoms with van der Waals surface area (Å²) in [7, 11) is -3.41. The summed E-state index contributed by atoms with van der Waals surface area (Å²) in [4.78, 5) is 0.366. The first-order valence-electron chi connectivity index (χ1n) is 7.41. The Morgan fingerprint density at radius 2 is 2.19 bits per heavy atom. The Morgan fingerprint density at radius 1 is 1.48 bits per heavy atom. The van der Waals surface area contributed by atoms with Gasteiger partial charge in [-0.3, -0.25) is 0 Å². The Kier molecular flexibility index (Phi) is 5.76. The van der Waals surface area contributed by atoms with Crippen LogP contribution in [0, 0.1) is 0 Å². The van der Waals surface area contributed by atoms with Gasteiger partial charge in [0.05, 0.1) is 4.90 Å². The van der Waals surface area contributed by atoms with Gasteiger partial charge >= 0.3 is 0 Å². The zero-order valence-corrected chi connectivity index (χ0v) is 14.6. The standard InChI is InChI=1S/C14H25N3O2S2/c1-4-17-10-14(7-13(17)9-15-12-5-6-12)21(18,19)16-8-11(2)20-3/h7,10-12,15-16H,4-6,8-9H2,1-3H3. The molecule has 0 aliphatic heterocycles. The van der Waals surface area contributed by atoms with E-state index >= 15 is 0 Å². The molecule has 0 aromatic carbocycles. The highest BCUT2D eigenvalue weighted by Crippen LogP contribution is 2.21. The van der Waals surface area contributed by atoms with Crippen LogP contribution in [0.1, 0.15) is 32.4 Å². The summed E-state index contributed by atoms with van der Waals surface area (Å²) in [5.41, 5.74) is 1.03. The Bertz CT molecular complexity index is 565. The van der Waals surface area contributed by atoms with E-state index in [0.29, 0.717) is 17.5 Å². The van der Waals surface area contributed by atoms with Crippen molar-refractivity contribution in [3.05, 3.63) is 18.0 Å². The second kappa shape index (κ2) is 7.17. The molecule has 1 aromatic rings. The van der Waals surface area contributed by atoms with E-state index in [1.807, 2.05) is 24.7 Å². The van der Waals surface area contributed by atoms with E-state index in [1.165, 1.54) is 12.8 Å². The van der Waals surface area contributed by atoms with Gasteiger partial charge in [-0.1, -0.05) is 6.92 Å². The van der Waals surface area contributed by atoms with Crippen molar-refractivity contribution in [2.75, 3.05) is 12.8 Å². The van der Waals surface area contributed by atoms with Crippen LogP contribution in [-0.2, 0) is 23.1 Å². The van der Waals surface area contributed by atoms with E-state index in [0.717, 1.165) is 18.8 Å². The SMILES string of the molecule is CCn1cc(S(=O)(=O)NCC(C)SC)cc1CNC1CC1. The molecule has 1 fully saturated rings. The first-order chi connectivity index (χ1) is 9.96. The molecule has 1 saturated carbocycles. The lowest BCUT2D eigenvalue weighted by Crippen LogP contribution is -2.29. The van der Waals surface area contributed by atoms with Crippen LogP contribution in [0.2, 0.25) is 0 Å². The van der Waals surface area contributed by atoms with Gasteiger partial charge in [0.2, 0.25) is 10.0 Å². The summed E-state index contributed by atoms with van der Waals surface area (Å²) >= 11 is 1.65. The largest absolute Gasteiger partial charge is 0.349 e. The maximum atomic E-state index is 12.3. The van der Waals surface area contributed by atoms with Gasteiger partial charge in [0.25, 0.3) is 0 Å². The number of hydrogen-bond acceptors (Lipinski definition) is 4. The Morgan fingerprint density at radius 3 is 2.76 bits per heavy atom. The molecule has 1 aliphatic carbocycles. The molecule has 1 aliphatic rings. The van der Waals surface area contributed by atoms with Crippen molar-refractivity contribution in [2.45, 2.75) is 56.0 Å². The fraction of sp³-hybridized carbons (Fsp3) is 0.714. The average Bonchev–Trinajstić information content (AvgIpc) is 3.20. The van der Waals surface area contributed by atoms with Gasteiger partial charge in [-0.2, -0.15) is 11.8 Å². The van der Waals surface area contributed by atoms with E-state index < -0.39 is 10.0 Å². The monoisotopic (exact) mass is 331 g/mol.